The SMILES string of the molecule is CCC[C@@]1(C(=O)O)C[C@@H](C(C)(C)C)CN(Cc2cnc(-c3ccccc3OC(F)F)s2)C1. The number of benzene rings is 1. The van der Waals surface area contributed by atoms with Crippen LogP contribution in [0.2, 0.25) is 0 Å². The molecule has 1 aliphatic heterocycles. The van der Waals surface area contributed by atoms with E-state index in [4.69, 9.17) is 0 Å². The number of nitrogens with zero attached hydrogens (tertiary/aromatic N) is 2. The topological polar surface area (TPSA) is 62.7 Å². The van der Waals surface area contributed by atoms with Gasteiger partial charge in [0.1, 0.15) is 10.8 Å². The number of thiazole rings is 1. The zero-order chi connectivity index (χ0) is 23.5. The van der Waals surface area contributed by atoms with Crippen molar-refractivity contribution in [3.8, 4) is 16.3 Å². The molecule has 0 saturated carbocycles. The molecule has 1 saturated heterocycles. The first-order valence-electron chi connectivity index (χ1n) is 11.0. The van der Waals surface area contributed by atoms with Gasteiger partial charge in [0.05, 0.1) is 11.0 Å². The van der Waals surface area contributed by atoms with Crippen LogP contribution in [0.15, 0.2) is 30.5 Å². The largest absolute Gasteiger partial charge is 0.481 e. The van der Waals surface area contributed by atoms with Gasteiger partial charge in [-0.2, -0.15) is 8.78 Å². The molecule has 8 heteroatoms. The highest BCUT2D eigenvalue weighted by atomic mass is 32.1. The molecule has 1 aromatic heterocycles. The molecular formula is C24H32F2N2O3S. The van der Waals surface area contributed by atoms with E-state index in [1.165, 1.54) is 17.4 Å². The first-order chi connectivity index (χ1) is 15.0. The Morgan fingerprint density at radius 1 is 1.38 bits per heavy atom. The Kier molecular flexibility index (Phi) is 7.55. The van der Waals surface area contributed by atoms with Crippen molar-refractivity contribution in [1.29, 1.82) is 0 Å². The van der Waals surface area contributed by atoms with Crippen LogP contribution in [0.1, 0.15) is 51.8 Å². The van der Waals surface area contributed by atoms with Crippen molar-refractivity contribution in [2.24, 2.45) is 16.7 Å². The molecule has 3 rings (SSSR count). The molecule has 2 aromatic rings. The highest BCUT2D eigenvalue weighted by Crippen LogP contribution is 2.45. The molecule has 5 nitrogen and oxygen atoms in total. The molecule has 0 radical (unpaired) electrons. The molecule has 0 unspecified atom stereocenters. The van der Waals surface area contributed by atoms with Gasteiger partial charge in [-0.25, -0.2) is 4.98 Å². The van der Waals surface area contributed by atoms with Crippen molar-refractivity contribution < 1.29 is 23.4 Å². The summed E-state index contributed by atoms with van der Waals surface area (Å²) in [5, 5.41) is 10.7. The van der Waals surface area contributed by atoms with Crippen molar-refractivity contribution in [2.75, 3.05) is 13.1 Å². The number of hydrogen-bond acceptors (Lipinski definition) is 5. The van der Waals surface area contributed by atoms with Crippen LogP contribution < -0.4 is 4.74 Å². The fraction of sp³-hybridized carbons (Fsp3) is 0.583. The van der Waals surface area contributed by atoms with Crippen molar-refractivity contribution in [3.63, 3.8) is 0 Å². The molecule has 1 fully saturated rings. The maximum atomic E-state index is 12.8. The van der Waals surface area contributed by atoms with Gasteiger partial charge in [0.25, 0.3) is 0 Å². The summed E-state index contributed by atoms with van der Waals surface area (Å²) in [5.74, 6) is -0.366. The average Bonchev–Trinajstić information content (AvgIpc) is 3.15. The number of piperidine rings is 1. The lowest BCUT2D eigenvalue weighted by molar-refractivity contribution is -0.156. The van der Waals surface area contributed by atoms with Crippen LogP contribution >= 0.6 is 11.3 Å². The number of aliphatic carboxylic acids is 1. The van der Waals surface area contributed by atoms with Crippen LogP contribution in [0.25, 0.3) is 10.6 Å². The maximum absolute atomic E-state index is 12.8. The monoisotopic (exact) mass is 466 g/mol. The summed E-state index contributed by atoms with van der Waals surface area (Å²) in [7, 11) is 0. The smallest absolute Gasteiger partial charge is 0.387 e. The number of ether oxygens (including phenoxy) is 1. The summed E-state index contributed by atoms with van der Waals surface area (Å²) in [6.45, 7) is 7.55. The Morgan fingerprint density at radius 2 is 2.09 bits per heavy atom. The number of likely N-dealkylation sites (tertiary alicyclic amines) is 1. The number of carbonyl (C=O) groups is 1. The number of para-hydroxylation sites is 1. The number of rotatable bonds is 8. The van der Waals surface area contributed by atoms with Crippen LogP contribution in [-0.2, 0) is 11.3 Å². The molecule has 176 valence electrons. The summed E-state index contributed by atoms with van der Waals surface area (Å²) in [5.41, 5.74) is -0.227. The fourth-order valence-corrected chi connectivity index (χ4v) is 5.58. The molecule has 1 N–H and O–H groups in total. The van der Waals surface area contributed by atoms with Gasteiger partial charge < -0.3 is 9.84 Å². The molecular weight excluding hydrogens is 434 g/mol. The summed E-state index contributed by atoms with van der Waals surface area (Å²) in [6.07, 6.45) is 3.91. The second-order valence-electron chi connectivity index (χ2n) is 9.78. The van der Waals surface area contributed by atoms with E-state index in [0.717, 1.165) is 17.8 Å². The zero-order valence-corrected chi connectivity index (χ0v) is 19.9. The number of halogens is 2. The second-order valence-corrected chi connectivity index (χ2v) is 10.9. The summed E-state index contributed by atoms with van der Waals surface area (Å²) < 4.78 is 30.2. The van der Waals surface area contributed by atoms with Gasteiger partial charge in [-0.05, 0) is 36.3 Å². The van der Waals surface area contributed by atoms with Crippen LogP contribution in [0.5, 0.6) is 5.75 Å². The maximum Gasteiger partial charge on any atom is 0.387 e. The van der Waals surface area contributed by atoms with Crippen molar-refractivity contribution >= 4 is 17.3 Å². The first kappa shape index (κ1) is 24.6. The van der Waals surface area contributed by atoms with E-state index < -0.39 is 18.0 Å². The number of aromatic nitrogens is 1. The Balaban J connectivity index is 1.84. The summed E-state index contributed by atoms with van der Waals surface area (Å²) in [6, 6.07) is 6.63. The minimum Gasteiger partial charge on any atom is -0.481 e. The molecule has 2 heterocycles. The highest BCUT2D eigenvalue weighted by molar-refractivity contribution is 7.15. The third kappa shape index (κ3) is 5.64. The van der Waals surface area contributed by atoms with Gasteiger partial charge in [-0.1, -0.05) is 46.2 Å². The van der Waals surface area contributed by atoms with E-state index in [1.807, 2.05) is 6.92 Å². The van der Waals surface area contributed by atoms with E-state index in [9.17, 15) is 18.7 Å². The van der Waals surface area contributed by atoms with E-state index in [1.54, 1.807) is 24.4 Å². The first-order valence-corrected chi connectivity index (χ1v) is 11.8. The van der Waals surface area contributed by atoms with E-state index in [0.29, 0.717) is 36.5 Å². The Labute approximate surface area is 192 Å². The highest BCUT2D eigenvalue weighted by Gasteiger charge is 2.47. The molecule has 32 heavy (non-hydrogen) atoms. The van der Waals surface area contributed by atoms with Crippen LogP contribution in [0.4, 0.5) is 8.78 Å². The van der Waals surface area contributed by atoms with E-state index >= 15 is 0 Å². The minimum absolute atomic E-state index is 0.00246. The van der Waals surface area contributed by atoms with Crippen LogP contribution in [-0.4, -0.2) is 40.7 Å². The van der Waals surface area contributed by atoms with Crippen molar-refractivity contribution in [2.45, 2.75) is 60.1 Å². The summed E-state index contributed by atoms with van der Waals surface area (Å²) >= 11 is 1.43. The Morgan fingerprint density at radius 3 is 2.72 bits per heavy atom. The third-order valence-electron chi connectivity index (χ3n) is 6.32. The molecule has 1 aliphatic rings. The number of hydrogen-bond donors (Lipinski definition) is 1. The van der Waals surface area contributed by atoms with Gasteiger partial charge >= 0.3 is 12.6 Å². The predicted molar refractivity (Wildman–Crippen MR) is 122 cm³/mol. The molecule has 0 bridgehead atoms. The minimum atomic E-state index is -2.90. The predicted octanol–water partition coefficient (Wildman–Crippen LogP) is 6.15. The Bertz CT molecular complexity index is 928. The van der Waals surface area contributed by atoms with Gasteiger partial charge in [0.2, 0.25) is 0 Å². The fourth-order valence-electron chi connectivity index (χ4n) is 4.59. The van der Waals surface area contributed by atoms with Crippen LogP contribution in [0.3, 0.4) is 0 Å². The third-order valence-corrected chi connectivity index (χ3v) is 7.33. The summed E-state index contributed by atoms with van der Waals surface area (Å²) in [4.78, 5) is 20.0. The molecule has 0 amide bonds. The normalized spacial score (nSPS) is 22.3. The average molecular weight is 467 g/mol. The lowest BCUT2D eigenvalue weighted by Gasteiger charge is -2.48. The quantitative estimate of drug-likeness (QED) is 0.505. The van der Waals surface area contributed by atoms with Crippen molar-refractivity contribution in [1.82, 2.24) is 9.88 Å². The molecule has 0 aliphatic carbocycles. The molecule has 1 aromatic carbocycles. The lowest BCUT2D eigenvalue weighted by atomic mass is 9.65. The molecule has 2 atom stereocenters. The molecule has 0 spiro atoms. The number of carboxylic acids is 1. The Hall–Kier alpha value is -2.06. The second kappa shape index (κ2) is 9.83. The van der Waals surface area contributed by atoms with E-state index in [2.05, 4.69) is 35.4 Å². The van der Waals surface area contributed by atoms with Crippen LogP contribution in [0, 0.1) is 16.7 Å². The van der Waals surface area contributed by atoms with Gasteiger partial charge in [-0.15, -0.1) is 11.3 Å². The standard InChI is InChI=1S/C24H32F2N2O3S/c1-5-10-24(21(29)30)11-16(23(2,3)4)13-28(15-24)14-17-12-27-20(32-17)18-8-6-7-9-19(18)31-22(25)26/h6-9,12,16,22H,5,10-11,13-15H2,1-4H3,(H,29,30)/t16-,24-/m1/s1. The number of alkyl halides is 2. The zero-order valence-electron chi connectivity index (χ0n) is 19.1. The van der Waals surface area contributed by atoms with E-state index in [-0.39, 0.29) is 17.1 Å². The lowest BCUT2D eigenvalue weighted by Crippen LogP contribution is -2.53. The number of carboxylic acid groups (broad SMARTS) is 1. The van der Waals surface area contributed by atoms with Gasteiger partial charge in [-0.3, -0.25) is 9.69 Å². The van der Waals surface area contributed by atoms with Crippen molar-refractivity contribution in [3.05, 3.63) is 35.3 Å². The van der Waals surface area contributed by atoms with Gasteiger partial charge in [0, 0.05) is 30.7 Å². The van der Waals surface area contributed by atoms with Gasteiger partial charge in [0.15, 0.2) is 0 Å².